The Morgan fingerprint density at radius 1 is 1.60 bits per heavy atom. The summed E-state index contributed by atoms with van der Waals surface area (Å²) in [6, 6.07) is 0. The Kier molecular flexibility index (Phi) is 0.740. The first-order valence-electron chi connectivity index (χ1n) is 1.88. The summed E-state index contributed by atoms with van der Waals surface area (Å²) >= 11 is 0. The van der Waals surface area contributed by atoms with Gasteiger partial charge in [-0.1, -0.05) is 0 Å². The Labute approximate surface area is 34.0 Å². The fourth-order valence-electron chi connectivity index (χ4n) is 0.280. The molecule has 5 heavy (non-hydrogen) atoms. The monoisotopic (exact) mass is 86.0 g/mol. The van der Waals surface area contributed by atoms with Crippen LogP contribution in [0.3, 0.4) is 0 Å². The van der Waals surface area contributed by atoms with Gasteiger partial charge in [-0.15, -0.1) is 8.20 Å². The molecule has 0 aromatic rings. The van der Waals surface area contributed by atoms with Gasteiger partial charge in [-0.3, -0.25) is 0 Å². The third kappa shape index (κ3) is 0.735. The molecule has 0 heterocycles. The van der Waals surface area contributed by atoms with Gasteiger partial charge in [0.2, 0.25) is 0 Å². The molecular formula is C4H7P. The highest BCUT2D eigenvalue weighted by Crippen LogP contribution is 2.19. The van der Waals surface area contributed by atoms with Crippen molar-refractivity contribution in [1.29, 1.82) is 0 Å². The van der Waals surface area contributed by atoms with Crippen LogP contribution in [0.5, 0.6) is 0 Å². The molecule has 0 bridgehead atoms. The van der Waals surface area contributed by atoms with E-state index in [0.717, 1.165) is 0 Å². The van der Waals surface area contributed by atoms with Crippen LogP contribution in [0.25, 0.3) is 0 Å². The van der Waals surface area contributed by atoms with Gasteiger partial charge in [0, 0.05) is 0 Å². The van der Waals surface area contributed by atoms with E-state index in [9.17, 15) is 0 Å². The van der Waals surface area contributed by atoms with Gasteiger partial charge in [0.05, 0.1) is 0 Å². The van der Waals surface area contributed by atoms with E-state index >= 15 is 0 Å². The van der Waals surface area contributed by atoms with Crippen molar-refractivity contribution in [1.82, 2.24) is 0 Å². The first-order chi connectivity index (χ1) is 2.43. The summed E-state index contributed by atoms with van der Waals surface area (Å²) in [7, 11) is 1.52. The lowest BCUT2D eigenvalue weighted by molar-refractivity contribution is 1.50. The predicted octanol–water partition coefficient (Wildman–Crippen LogP) is 1.53. The fourth-order valence-corrected chi connectivity index (χ4v) is 0.839. The summed E-state index contributed by atoms with van der Waals surface area (Å²) in [5, 5.41) is 1.73. The van der Waals surface area contributed by atoms with Crippen LogP contribution >= 0.6 is 8.20 Å². The van der Waals surface area contributed by atoms with Crippen molar-refractivity contribution in [3.63, 3.8) is 0 Å². The molecule has 1 aliphatic carbocycles. The Morgan fingerprint density at radius 3 is 2.20 bits per heavy atom. The first kappa shape index (κ1) is 3.36. The molecule has 0 nitrogen and oxygen atoms in total. The Morgan fingerprint density at radius 2 is 2.20 bits per heavy atom. The van der Waals surface area contributed by atoms with E-state index in [4.69, 9.17) is 0 Å². The van der Waals surface area contributed by atoms with Crippen LogP contribution in [0.2, 0.25) is 0 Å². The van der Waals surface area contributed by atoms with Gasteiger partial charge in [0.15, 0.2) is 0 Å². The summed E-state index contributed by atoms with van der Waals surface area (Å²) in [4.78, 5) is 0. The van der Waals surface area contributed by atoms with Gasteiger partial charge < -0.3 is 0 Å². The Balaban J connectivity index is 2.46. The molecule has 0 N–H and O–H groups in total. The molecule has 0 amide bonds. The van der Waals surface area contributed by atoms with Crippen molar-refractivity contribution >= 4 is 13.5 Å². The zero-order chi connectivity index (χ0) is 3.70. The minimum absolute atomic E-state index is 1.41. The second-order valence-corrected chi connectivity index (χ2v) is 2.37. The average molecular weight is 86.1 g/mol. The lowest BCUT2D eigenvalue weighted by Crippen LogP contribution is -1.41. The molecule has 0 unspecified atom stereocenters. The largest absolute Gasteiger partial charge is 0.109 e. The molecule has 28 valence electrons. The van der Waals surface area contributed by atoms with Crippen molar-refractivity contribution in [2.45, 2.75) is 12.8 Å². The molecule has 1 rings (SSSR count). The lowest BCUT2D eigenvalue weighted by atomic mass is 11.0. The zero-order valence-corrected chi connectivity index (χ0v) is 4.26. The lowest BCUT2D eigenvalue weighted by Gasteiger charge is -1.52. The van der Waals surface area contributed by atoms with Gasteiger partial charge >= 0.3 is 0 Å². The van der Waals surface area contributed by atoms with Gasteiger partial charge in [-0.25, -0.2) is 0 Å². The topological polar surface area (TPSA) is 0 Å². The molecule has 1 aliphatic rings. The highest BCUT2D eigenvalue weighted by Gasteiger charge is 2.07. The SMILES string of the molecule is CP=C1CC1. The van der Waals surface area contributed by atoms with Gasteiger partial charge in [0.1, 0.15) is 0 Å². The molecular weight excluding hydrogens is 79.0 g/mol. The van der Waals surface area contributed by atoms with Gasteiger partial charge in [-0.05, 0) is 24.8 Å². The number of hydrogen-bond acceptors (Lipinski definition) is 0. The molecule has 1 heteroatoms. The summed E-state index contributed by atoms with van der Waals surface area (Å²) in [6.45, 7) is 2.20. The number of rotatable bonds is 0. The average Bonchev–Trinajstić information content (AvgIpc) is 2.12. The maximum Gasteiger partial charge on any atom is -0.0224 e. The second-order valence-electron chi connectivity index (χ2n) is 1.29. The van der Waals surface area contributed by atoms with E-state index in [1.165, 1.54) is 21.0 Å². The molecule has 0 radical (unpaired) electrons. The predicted molar refractivity (Wildman–Crippen MR) is 27.1 cm³/mol. The molecule has 1 saturated carbocycles. The maximum atomic E-state index is 2.20. The summed E-state index contributed by atoms with van der Waals surface area (Å²) in [5.74, 6) is 0. The smallest absolute Gasteiger partial charge is 0.0224 e. The van der Waals surface area contributed by atoms with Crippen LogP contribution in [-0.2, 0) is 0 Å². The first-order valence-corrected chi connectivity index (χ1v) is 3.22. The summed E-state index contributed by atoms with van der Waals surface area (Å²) in [6.07, 6.45) is 2.83. The van der Waals surface area contributed by atoms with Crippen molar-refractivity contribution in [3.8, 4) is 0 Å². The van der Waals surface area contributed by atoms with E-state index in [0.29, 0.717) is 0 Å². The van der Waals surface area contributed by atoms with Gasteiger partial charge in [0.25, 0.3) is 0 Å². The van der Waals surface area contributed by atoms with E-state index in [1.54, 1.807) is 5.29 Å². The minimum Gasteiger partial charge on any atom is -0.109 e. The van der Waals surface area contributed by atoms with E-state index in [1.807, 2.05) is 0 Å². The van der Waals surface area contributed by atoms with Crippen molar-refractivity contribution in [2.24, 2.45) is 0 Å². The quantitative estimate of drug-likeness (QED) is 0.392. The van der Waals surface area contributed by atoms with Crippen molar-refractivity contribution in [2.75, 3.05) is 6.66 Å². The molecule has 1 fully saturated rings. The minimum atomic E-state index is 1.41. The van der Waals surface area contributed by atoms with Crippen LogP contribution in [0.1, 0.15) is 12.8 Å². The Hall–Kier alpha value is 0.170. The third-order valence-electron chi connectivity index (χ3n) is 0.790. The number of hydrogen-bond donors (Lipinski definition) is 0. The second kappa shape index (κ2) is 1.10. The normalized spacial score (nSPS) is 20.6. The highest BCUT2D eigenvalue weighted by atomic mass is 31.1. The Bertz CT molecular complexity index is 58.0. The van der Waals surface area contributed by atoms with Crippen LogP contribution in [0.4, 0.5) is 0 Å². The molecule has 0 spiro atoms. The fraction of sp³-hybridized carbons (Fsp3) is 0.750. The third-order valence-corrected chi connectivity index (χ3v) is 1.87. The van der Waals surface area contributed by atoms with Crippen LogP contribution < -0.4 is 0 Å². The van der Waals surface area contributed by atoms with Crippen LogP contribution in [0, 0.1) is 0 Å². The van der Waals surface area contributed by atoms with E-state index in [2.05, 4.69) is 6.66 Å². The van der Waals surface area contributed by atoms with E-state index in [-0.39, 0.29) is 0 Å². The van der Waals surface area contributed by atoms with Crippen molar-refractivity contribution in [3.05, 3.63) is 0 Å². The molecule has 0 aliphatic heterocycles. The maximum absolute atomic E-state index is 2.20. The summed E-state index contributed by atoms with van der Waals surface area (Å²) in [5.41, 5.74) is 0. The zero-order valence-electron chi connectivity index (χ0n) is 3.36. The summed E-state index contributed by atoms with van der Waals surface area (Å²) < 4.78 is 0. The van der Waals surface area contributed by atoms with Gasteiger partial charge in [-0.2, -0.15) is 0 Å². The highest BCUT2D eigenvalue weighted by molar-refractivity contribution is 7.40. The molecule has 0 atom stereocenters. The molecule has 0 saturated heterocycles. The standard InChI is InChI=1S/C4H7P/c1-5-4-2-3-4/h2-3H2,1H3. The molecule has 0 aromatic heterocycles. The molecule has 0 aromatic carbocycles. The van der Waals surface area contributed by atoms with E-state index < -0.39 is 0 Å². The van der Waals surface area contributed by atoms with Crippen LogP contribution in [-0.4, -0.2) is 12.0 Å². The van der Waals surface area contributed by atoms with Crippen LogP contribution in [0.15, 0.2) is 0 Å². The van der Waals surface area contributed by atoms with Crippen molar-refractivity contribution < 1.29 is 0 Å².